The third-order valence-electron chi connectivity index (χ3n) is 4.34. The van der Waals surface area contributed by atoms with Gasteiger partial charge in [-0.25, -0.2) is 0 Å². The van der Waals surface area contributed by atoms with E-state index in [1.165, 1.54) is 0 Å². The van der Waals surface area contributed by atoms with Crippen LogP contribution in [0.1, 0.15) is 37.0 Å². The van der Waals surface area contributed by atoms with Gasteiger partial charge in [-0.15, -0.1) is 0 Å². The van der Waals surface area contributed by atoms with Crippen LogP contribution < -0.4 is 15.8 Å². The molecule has 1 aromatic carbocycles. The number of hydrogen-bond donors (Lipinski definition) is 2. The average molecular weight is 333 g/mol. The molecule has 1 atom stereocenters. The minimum absolute atomic E-state index is 0.00575. The van der Waals surface area contributed by atoms with Gasteiger partial charge in [-0.05, 0) is 44.0 Å². The quantitative estimate of drug-likeness (QED) is 0.824. The Balaban J connectivity index is 1.85. The second-order valence-corrected chi connectivity index (χ2v) is 6.17. The highest BCUT2D eigenvalue weighted by Gasteiger charge is 2.25. The minimum atomic E-state index is -0.173. The van der Waals surface area contributed by atoms with Crippen LogP contribution >= 0.6 is 0 Å². The molecule has 1 aliphatic heterocycles. The monoisotopic (exact) mass is 333 g/mol. The SMILES string of the molecule is CCOc1ccc(C(=O)N2CCC(NC(=O)C(C)CN)CC2)cc1. The lowest BCUT2D eigenvalue weighted by Gasteiger charge is -2.33. The summed E-state index contributed by atoms with van der Waals surface area (Å²) in [6.45, 7) is 5.99. The molecule has 0 spiro atoms. The summed E-state index contributed by atoms with van der Waals surface area (Å²) in [6.07, 6.45) is 1.54. The molecule has 0 aliphatic carbocycles. The number of benzene rings is 1. The highest BCUT2D eigenvalue weighted by molar-refractivity contribution is 5.94. The molecule has 132 valence electrons. The predicted octanol–water partition coefficient (Wildman–Crippen LogP) is 1.40. The van der Waals surface area contributed by atoms with Gasteiger partial charge in [0.15, 0.2) is 0 Å². The Kier molecular flexibility index (Phi) is 6.61. The fourth-order valence-electron chi connectivity index (χ4n) is 2.72. The van der Waals surface area contributed by atoms with Crippen molar-refractivity contribution < 1.29 is 14.3 Å². The van der Waals surface area contributed by atoms with Crippen LogP contribution in [0.4, 0.5) is 0 Å². The van der Waals surface area contributed by atoms with Gasteiger partial charge in [0.1, 0.15) is 5.75 Å². The van der Waals surface area contributed by atoms with E-state index in [4.69, 9.17) is 10.5 Å². The molecule has 2 rings (SSSR count). The van der Waals surface area contributed by atoms with Crippen LogP contribution in [-0.4, -0.2) is 49.0 Å². The summed E-state index contributed by atoms with van der Waals surface area (Å²) < 4.78 is 5.39. The number of hydrogen-bond acceptors (Lipinski definition) is 4. The molecule has 1 fully saturated rings. The number of likely N-dealkylation sites (tertiary alicyclic amines) is 1. The van der Waals surface area contributed by atoms with Crippen LogP contribution in [0.25, 0.3) is 0 Å². The fraction of sp³-hybridized carbons (Fsp3) is 0.556. The smallest absolute Gasteiger partial charge is 0.253 e. The third kappa shape index (κ3) is 4.71. The van der Waals surface area contributed by atoms with Crippen LogP contribution in [0.5, 0.6) is 5.75 Å². The number of rotatable bonds is 6. The number of nitrogens with zero attached hydrogens (tertiary/aromatic N) is 1. The van der Waals surface area contributed by atoms with Crippen LogP contribution in [0.2, 0.25) is 0 Å². The Labute approximate surface area is 143 Å². The van der Waals surface area contributed by atoms with Crippen molar-refractivity contribution in [3.8, 4) is 5.75 Å². The number of nitrogens with two attached hydrogens (primary N) is 1. The van der Waals surface area contributed by atoms with E-state index in [0.29, 0.717) is 31.8 Å². The molecule has 0 aromatic heterocycles. The number of nitrogens with one attached hydrogen (secondary N) is 1. The zero-order chi connectivity index (χ0) is 17.5. The van der Waals surface area contributed by atoms with Gasteiger partial charge >= 0.3 is 0 Å². The number of amides is 2. The molecule has 3 N–H and O–H groups in total. The molecule has 1 aliphatic rings. The van der Waals surface area contributed by atoms with Crippen molar-refractivity contribution in [3.05, 3.63) is 29.8 Å². The van der Waals surface area contributed by atoms with Crippen molar-refractivity contribution in [2.75, 3.05) is 26.2 Å². The lowest BCUT2D eigenvalue weighted by Crippen LogP contribution is -2.48. The number of carbonyl (C=O) groups is 2. The van der Waals surface area contributed by atoms with E-state index in [2.05, 4.69) is 5.32 Å². The molecule has 6 nitrogen and oxygen atoms in total. The molecule has 2 amide bonds. The highest BCUT2D eigenvalue weighted by atomic mass is 16.5. The van der Waals surface area contributed by atoms with E-state index in [0.717, 1.165) is 18.6 Å². The highest BCUT2D eigenvalue weighted by Crippen LogP contribution is 2.17. The molecule has 0 saturated carbocycles. The molecule has 1 aromatic rings. The van der Waals surface area contributed by atoms with E-state index < -0.39 is 0 Å². The maximum atomic E-state index is 12.5. The molecule has 1 heterocycles. The first kappa shape index (κ1) is 18.3. The number of ether oxygens (including phenoxy) is 1. The van der Waals surface area contributed by atoms with E-state index in [9.17, 15) is 9.59 Å². The Hall–Kier alpha value is -2.08. The van der Waals surface area contributed by atoms with E-state index in [1.807, 2.05) is 30.9 Å². The molecule has 24 heavy (non-hydrogen) atoms. The molecule has 0 radical (unpaired) electrons. The fourth-order valence-corrected chi connectivity index (χ4v) is 2.72. The van der Waals surface area contributed by atoms with Gasteiger partial charge in [-0.3, -0.25) is 9.59 Å². The van der Waals surface area contributed by atoms with Crippen LogP contribution in [-0.2, 0) is 4.79 Å². The Morgan fingerprint density at radius 2 is 1.92 bits per heavy atom. The molecule has 1 saturated heterocycles. The average Bonchev–Trinajstić information content (AvgIpc) is 2.62. The predicted molar refractivity (Wildman–Crippen MR) is 92.9 cm³/mol. The summed E-state index contributed by atoms with van der Waals surface area (Å²) in [7, 11) is 0. The van der Waals surface area contributed by atoms with Crippen LogP contribution in [0.15, 0.2) is 24.3 Å². The first-order valence-corrected chi connectivity index (χ1v) is 8.57. The lowest BCUT2D eigenvalue weighted by molar-refractivity contribution is -0.125. The summed E-state index contributed by atoms with van der Waals surface area (Å²) in [6, 6.07) is 7.35. The largest absolute Gasteiger partial charge is 0.494 e. The van der Waals surface area contributed by atoms with Crippen LogP contribution in [0.3, 0.4) is 0 Å². The second-order valence-electron chi connectivity index (χ2n) is 6.17. The van der Waals surface area contributed by atoms with Gasteiger partial charge in [0, 0.05) is 37.2 Å². The number of piperidine rings is 1. The Morgan fingerprint density at radius 3 is 2.46 bits per heavy atom. The minimum Gasteiger partial charge on any atom is -0.494 e. The molecular weight excluding hydrogens is 306 g/mol. The zero-order valence-corrected chi connectivity index (χ0v) is 14.5. The standard InChI is InChI=1S/C18H27N3O3/c1-3-24-16-6-4-14(5-7-16)18(23)21-10-8-15(9-11-21)20-17(22)13(2)12-19/h4-7,13,15H,3,8-12,19H2,1-2H3,(H,20,22). The summed E-state index contributed by atoms with van der Waals surface area (Å²) in [4.78, 5) is 26.3. The third-order valence-corrected chi connectivity index (χ3v) is 4.34. The van der Waals surface area contributed by atoms with Gasteiger partial charge < -0.3 is 20.7 Å². The zero-order valence-electron chi connectivity index (χ0n) is 14.5. The molecule has 1 unspecified atom stereocenters. The first-order valence-electron chi connectivity index (χ1n) is 8.57. The summed E-state index contributed by atoms with van der Waals surface area (Å²) in [5.41, 5.74) is 6.18. The maximum absolute atomic E-state index is 12.5. The maximum Gasteiger partial charge on any atom is 0.253 e. The number of carbonyl (C=O) groups excluding carboxylic acids is 2. The Bertz CT molecular complexity index is 551. The normalized spacial score (nSPS) is 16.5. The van der Waals surface area contributed by atoms with Gasteiger partial charge in [-0.1, -0.05) is 6.92 Å². The van der Waals surface area contributed by atoms with Gasteiger partial charge in [-0.2, -0.15) is 0 Å². The van der Waals surface area contributed by atoms with E-state index in [1.54, 1.807) is 12.1 Å². The molecule has 6 heteroatoms. The topological polar surface area (TPSA) is 84.7 Å². The van der Waals surface area contributed by atoms with Gasteiger partial charge in [0.05, 0.1) is 6.61 Å². The summed E-state index contributed by atoms with van der Waals surface area (Å²) in [5.74, 6) is 0.616. The van der Waals surface area contributed by atoms with Crippen LogP contribution in [0, 0.1) is 5.92 Å². The second kappa shape index (κ2) is 8.68. The van der Waals surface area contributed by atoms with Crippen molar-refractivity contribution in [1.29, 1.82) is 0 Å². The van der Waals surface area contributed by atoms with Gasteiger partial charge in [0.2, 0.25) is 5.91 Å². The van der Waals surface area contributed by atoms with Crippen molar-refractivity contribution in [3.63, 3.8) is 0 Å². The van der Waals surface area contributed by atoms with E-state index >= 15 is 0 Å². The molecule has 0 bridgehead atoms. The Morgan fingerprint density at radius 1 is 1.29 bits per heavy atom. The van der Waals surface area contributed by atoms with E-state index in [-0.39, 0.29) is 23.8 Å². The summed E-state index contributed by atoms with van der Waals surface area (Å²) in [5, 5.41) is 3.02. The first-order chi connectivity index (χ1) is 11.5. The lowest BCUT2D eigenvalue weighted by atomic mass is 10.0. The van der Waals surface area contributed by atoms with Crippen molar-refractivity contribution in [2.24, 2.45) is 11.7 Å². The van der Waals surface area contributed by atoms with Crippen molar-refractivity contribution in [1.82, 2.24) is 10.2 Å². The summed E-state index contributed by atoms with van der Waals surface area (Å²) >= 11 is 0. The molecular formula is C18H27N3O3. The van der Waals surface area contributed by atoms with Crippen molar-refractivity contribution >= 4 is 11.8 Å². The van der Waals surface area contributed by atoms with Gasteiger partial charge in [0.25, 0.3) is 5.91 Å². The van der Waals surface area contributed by atoms with Crippen molar-refractivity contribution in [2.45, 2.75) is 32.7 Å².